The quantitative estimate of drug-likeness (QED) is 0.272. The molecular formula is C15H32N4. The number of hydrogen-bond donors (Lipinski definition) is 2. The summed E-state index contributed by atoms with van der Waals surface area (Å²) in [6.45, 7) is 12.2. The summed E-state index contributed by atoms with van der Waals surface area (Å²) >= 11 is 0. The number of likely N-dealkylation sites (tertiary alicyclic amines) is 1. The minimum atomic E-state index is 0.408. The van der Waals surface area contributed by atoms with Gasteiger partial charge in [-0.2, -0.15) is 0 Å². The van der Waals surface area contributed by atoms with Crippen molar-refractivity contribution < 1.29 is 0 Å². The lowest BCUT2D eigenvalue weighted by Gasteiger charge is -2.30. The van der Waals surface area contributed by atoms with Gasteiger partial charge in [0.2, 0.25) is 5.96 Å². The van der Waals surface area contributed by atoms with Crippen LogP contribution in [0.25, 0.3) is 0 Å². The third kappa shape index (κ3) is 5.39. The highest BCUT2D eigenvalue weighted by Crippen LogP contribution is 2.34. The molecule has 1 aliphatic heterocycles. The Labute approximate surface area is 118 Å². The maximum atomic E-state index is 5.63. The smallest absolute Gasteiger partial charge is 0.208 e. The van der Waals surface area contributed by atoms with E-state index < -0.39 is 0 Å². The molecule has 112 valence electrons. The van der Waals surface area contributed by atoms with Crippen molar-refractivity contribution in [3.05, 3.63) is 0 Å². The summed E-state index contributed by atoms with van der Waals surface area (Å²) in [6, 6.07) is 0. The van der Waals surface area contributed by atoms with E-state index in [4.69, 9.17) is 5.84 Å². The number of aliphatic imine (C=N–C) groups is 1. The Bertz CT molecular complexity index is 280. The molecule has 0 aromatic rings. The van der Waals surface area contributed by atoms with Gasteiger partial charge in [-0.1, -0.05) is 34.1 Å². The Hall–Kier alpha value is -0.770. The largest absolute Gasteiger partial charge is 0.342 e. The van der Waals surface area contributed by atoms with Crippen molar-refractivity contribution >= 4 is 5.96 Å². The topological polar surface area (TPSA) is 53.6 Å². The Morgan fingerprint density at radius 3 is 2.63 bits per heavy atom. The van der Waals surface area contributed by atoms with Crippen LogP contribution in [0.3, 0.4) is 0 Å². The van der Waals surface area contributed by atoms with Crippen LogP contribution in [-0.4, -0.2) is 30.5 Å². The fourth-order valence-electron chi connectivity index (χ4n) is 2.75. The minimum Gasteiger partial charge on any atom is -0.342 e. The van der Waals surface area contributed by atoms with Crippen molar-refractivity contribution in [1.82, 2.24) is 10.3 Å². The highest BCUT2D eigenvalue weighted by Gasteiger charge is 2.27. The van der Waals surface area contributed by atoms with Crippen molar-refractivity contribution in [2.45, 2.75) is 59.8 Å². The summed E-state index contributed by atoms with van der Waals surface area (Å²) in [7, 11) is 0. The monoisotopic (exact) mass is 268 g/mol. The lowest BCUT2D eigenvalue weighted by Crippen LogP contribution is -2.45. The first kappa shape index (κ1) is 16.3. The molecule has 1 unspecified atom stereocenters. The predicted molar refractivity (Wildman–Crippen MR) is 82.9 cm³/mol. The maximum absolute atomic E-state index is 5.63. The second kappa shape index (κ2) is 7.73. The van der Waals surface area contributed by atoms with E-state index in [2.05, 4.69) is 43.0 Å². The summed E-state index contributed by atoms with van der Waals surface area (Å²) < 4.78 is 0. The zero-order valence-corrected chi connectivity index (χ0v) is 13.2. The molecule has 0 aromatic carbocycles. The molecule has 4 nitrogen and oxygen atoms in total. The summed E-state index contributed by atoms with van der Waals surface area (Å²) in [6.07, 6.45) is 6.08. The van der Waals surface area contributed by atoms with Crippen molar-refractivity contribution in [3.63, 3.8) is 0 Å². The summed E-state index contributed by atoms with van der Waals surface area (Å²) in [5.74, 6) is 7.31. The third-order valence-electron chi connectivity index (χ3n) is 4.15. The number of hydrazine groups is 1. The normalized spacial score (nSPS) is 22.3. The number of nitrogens with one attached hydrogen (secondary N) is 1. The van der Waals surface area contributed by atoms with E-state index in [-0.39, 0.29) is 0 Å². The lowest BCUT2D eigenvalue weighted by atomic mass is 9.77. The standard InChI is InChI=1S/C15H32N4/c1-5-6-10-17-14(18-16)19-11-7-8-13(9-12-19)15(2,3)4/h13H,5-12,16H2,1-4H3,(H,17,18). The van der Waals surface area contributed by atoms with E-state index in [1.165, 1.54) is 25.7 Å². The summed E-state index contributed by atoms with van der Waals surface area (Å²) in [5, 5.41) is 0. The molecule has 1 atom stereocenters. The molecule has 19 heavy (non-hydrogen) atoms. The van der Waals surface area contributed by atoms with Crippen LogP contribution in [0.5, 0.6) is 0 Å². The van der Waals surface area contributed by atoms with Gasteiger partial charge in [0.25, 0.3) is 0 Å². The van der Waals surface area contributed by atoms with Crippen LogP contribution in [0.15, 0.2) is 4.99 Å². The van der Waals surface area contributed by atoms with Crippen LogP contribution in [0.2, 0.25) is 0 Å². The Balaban J connectivity index is 2.57. The molecule has 0 saturated carbocycles. The molecule has 0 aromatic heterocycles. The van der Waals surface area contributed by atoms with Gasteiger partial charge in [-0.05, 0) is 37.0 Å². The molecule has 0 bridgehead atoms. The first-order valence-corrected chi connectivity index (χ1v) is 7.75. The molecule has 4 heteroatoms. The summed E-state index contributed by atoms with van der Waals surface area (Å²) in [4.78, 5) is 6.91. The molecule has 1 saturated heterocycles. The van der Waals surface area contributed by atoms with E-state index >= 15 is 0 Å². The van der Waals surface area contributed by atoms with Gasteiger partial charge < -0.3 is 4.90 Å². The number of nitrogens with zero attached hydrogens (tertiary/aromatic N) is 2. The van der Waals surface area contributed by atoms with E-state index in [1.54, 1.807) is 0 Å². The average molecular weight is 268 g/mol. The second-order valence-corrected chi connectivity index (χ2v) is 6.68. The molecule has 0 radical (unpaired) electrons. The summed E-state index contributed by atoms with van der Waals surface area (Å²) in [5.41, 5.74) is 3.20. The zero-order valence-electron chi connectivity index (χ0n) is 13.2. The van der Waals surface area contributed by atoms with Gasteiger partial charge >= 0.3 is 0 Å². The molecular weight excluding hydrogens is 236 g/mol. The van der Waals surface area contributed by atoms with E-state index in [0.29, 0.717) is 5.41 Å². The fourth-order valence-corrected chi connectivity index (χ4v) is 2.75. The lowest BCUT2D eigenvalue weighted by molar-refractivity contribution is 0.216. The van der Waals surface area contributed by atoms with Crippen molar-refractivity contribution in [3.8, 4) is 0 Å². The van der Waals surface area contributed by atoms with E-state index in [1.807, 2.05) is 0 Å². The van der Waals surface area contributed by atoms with Gasteiger partial charge in [0, 0.05) is 19.6 Å². The number of hydrogen-bond acceptors (Lipinski definition) is 2. The van der Waals surface area contributed by atoms with E-state index in [0.717, 1.165) is 37.9 Å². The average Bonchev–Trinajstić information content (AvgIpc) is 2.60. The van der Waals surface area contributed by atoms with Crippen molar-refractivity contribution in [2.24, 2.45) is 22.2 Å². The van der Waals surface area contributed by atoms with Crippen LogP contribution in [0.1, 0.15) is 59.8 Å². The minimum absolute atomic E-state index is 0.408. The fraction of sp³-hybridized carbons (Fsp3) is 0.933. The van der Waals surface area contributed by atoms with Crippen molar-refractivity contribution in [2.75, 3.05) is 19.6 Å². The van der Waals surface area contributed by atoms with Crippen LogP contribution in [-0.2, 0) is 0 Å². The van der Waals surface area contributed by atoms with Gasteiger partial charge in [-0.25, -0.2) is 5.84 Å². The number of rotatable bonds is 3. The molecule has 1 aliphatic rings. The first-order chi connectivity index (χ1) is 8.99. The van der Waals surface area contributed by atoms with Crippen molar-refractivity contribution in [1.29, 1.82) is 0 Å². The third-order valence-corrected chi connectivity index (χ3v) is 4.15. The van der Waals surface area contributed by atoms with Crippen LogP contribution in [0, 0.1) is 11.3 Å². The van der Waals surface area contributed by atoms with Crippen LogP contribution in [0.4, 0.5) is 0 Å². The first-order valence-electron chi connectivity index (χ1n) is 7.75. The number of nitrogens with two attached hydrogens (primary N) is 1. The maximum Gasteiger partial charge on any atom is 0.208 e. The second-order valence-electron chi connectivity index (χ2n) is 6.68. The van der Waals surface area contributed by atoms with E-state index in [9.17, 15) is 0 Å². The van der Waals surface area contributed by atoms with Gasteiger partial charge in [0.1, 0.15) is 0 Å². The van der Waals surface area contributed by atoms with Crippen LogP contribution >= 0.6 is 0 Å². The number of unbranched alkanes of at least 4 members (excludes halogenated alkanes) is 1. The zero-order chi connectivity index (χ0) is 14.3. The Morgan fingerprint density at radius 1 is 1.32 bits per heavy atom. The molecule has 3 N–H and O–H groups in total. The molecule has 1 rings (SSSR count). The highest BCUT2D eigenvalue weighted by molar-refractivity contribution is 5.79. The molecule has 0 amide bonds. The molecule has 1 fully saturated rings. The van der Waals surface area contributed by atoms with Gasteiger partial charge in [-0.15, -0.1) is 0 Å². The molecule has 1 heterocycles. The molecule has 0 aliphatic carbocycles. The highest BCUT2D eigenvalue weighted by atomic mass is 15.4. The van der Waals surface area contributed by atoms with Gasteiger partial charge in [0.15, 0.2) is 0 Å². The predicted octanol–water partition coefficient (Wildman–Crippen LogP) is 2.75. The molecule has 0 spiro atoms. The Morgan fingerprint density at radius 2 is 2.05 bits per heavy atom. The SMILES string of the molecule is CCCCN=C(NN)N1CCCC(C(C)(C)C)CC1. The van der Waals surface area contributed by atoms with Gasteiger partial charge in [-0.3, -0.25) is 10.4 Å². The Kier molecular flexibility index (Phi) is 6.63. The van der Waals surface area contributed by atoms with Crippen LogP contribution < -0.4 is 11.3 Å². The van der Waals surface area contributed by atoms with Gasteiger partial charge in [0.05, 0.1) is 0 Å². The number of guanidine groups is 1.